The molecule has 2 aromatic rings. The molecule has 0 fully saturated rings. The summed E-state index contributed by atoms with van der Waals surface area (Å²) < 4.78 is 40.1. The van der Waals surface area contributed by atoms with Crippen molar-refractivity contribution in [3.8, 4) is 5.69 Å². The number of amides is 2. The second-order valence-corrected chi connectivity index (χ2v) is 5.87. The standard InChI is InChI=1S/C16H13F3N4O3/c1-22(2)9-4-3-7(16(17,18)19)5-10(9)23-11(24)6-8-12(13(23)20)15(26)21-14(8)25/h3-6H,20H2,1-2H3,(H,21,25,26). The second-order valence-electron chi connectivity index (χ2n) is 5.87. The predicted molar refractivity (Wildman–Crippen MR) is 87.6 cm³/mol. The highest BCUT2D eigenvalue weighted by Gasteiger charge is 2.34. The molecular weight excluding hydrogens is 353 g/mol. The highest BCUT2D eigenvalue weighted by atomic mass is 19.4. The van der Waals surface area contributed by atoms with Crippen molar-refractivity contribution in [2.75, 3.05) is 24.7 Å². The molecule has 3 rings (SSSR count). The molecule has 10 heteroatoms. The van der Waals surface area contributed by atoms with Gasteiger partial charge in [0.1, 0.15) is 5.82 Å². The zero-order chi connectivity index (χ0) is 19.4. The molecule has 0 unspecified atom stereocenters. The third-order valence-corrected chi connectivity index (χ3v) is 3.98. The molecule has 1 aliphatic rings. The van der Waals surface area contributed by atoms with Crippen LogP contribution in [-0.4, -0.2) is 30.5 Å². The topological polar surface area (TPSA) is 97.4 Å². The van der Waals surface area contributed by atoms with Gasteiger partial charge in [0.25, 0.3) is 17.4 Å². The maximum atomic E-state index is 13.1. The minimum Gasteiger partial charge on any atom is -0.384 e. The number of nitrogens with zero attached hydrogens (tertiary/aromatic N) is 2. The molecule has 0 aliphatic carbocycles. The van der Waals surface area contributed by atoms with Crippen molar-refractivity contribution in [3.05, 3.63) is 51.3 Å². The number of nitrogens with one attached hydrogen (secondary N) is 1. The summed E-state index contributed by atoms with van der Waals surface area (Å²) in [7, 11) is 3.16. The molecule has 0 spiro atoms. The highest BCUT2D eigenvalue weighted by Crippen LogP contribution is 2.35. The number of halogens is 3. The van der Waals surface area contributed by atoms with Gasteiger partial charge in [-0.05, 0) is 18.2 Å². The first-order valence-electron chi connectivity index (χ1n) is 7.32. The van der Waals surface area contributed by atoms with E-state index in [2.05, 4.69) is 0 Å². The first-order valence-corrected chi connectivity index (χ1v) is 7.32. The Kier molecular flexibility index (Phi) is 3.78. The number of nitrogen functional groups attached to an aromatic ring is 1. The number of hydrogen-bond donors (Lipinski definition) is 2. The molecule has 0 atom stereocenters. The SMILES string of the molecule is CN(C)c1ccc(C(F)(F)F)cc1-n1c(N)c2c(cc1=O)C(=O)NC2=O. The summed E-state index contributed by atoms with van der Waals surface area (Å²) >= 11 is 0. The number of benzene rings is 1. The van der Waals surface area contributed by atoms with Gasteiger partial charge in [-0.1, -0.05) is 0 Å². The minimum atomic E-state index is -4.64. The smallest absolute Gasteiger partial charge is 0.384 e. The van der Waals surface area contributed by atoms with E-state index in [4.69, 9.17) is 5.73 Å². The molecule has 0 radical (unpaired) electrons. The summed E-state index contributed by atoms with van der Waals surface area (Å²) in [6, 6.07) is 3.73. The molecular formula is C16H13F3N4O3. The Morgan fingerprint density at radius 3 is 2.31 bits per heavy atom. The maximum Gasteiger partial charge on any atom is 0.416 e. The van der Waals surface area contributed by atoms with Crippen LogP contribution in [0.25, 0.3) is 5.69 Å². The number of fused-ring (bicyclic) bond motifs is 1. The summed E-state index contributed by atoms with van der Waals surface area (Å²) in [6.07, 6.45) is -4.64. The fraction of sp³-hybridized carbons (Fsp3) is 0.188. The monoisotopic (exact) mass is 366 g/mol. The molecule has 2 heterocycles. The van der Waals surface area contributed by atoms with Gasteiger partial charge in [-0.3, -0.25) is 24.3 Å². The van der Waals surface area contributed by atoms with Crippen molar-refractivity contribution in [1.82, 2.24) is 9.88 Å². The van der Waals surface area contributed by atoms with E-state index in [1.165, 1.54) is 11.0 Å². The van der Waals surface area contributed by atoms with Crippen molar-refractivity contribution in [2.45, 2.75) is 6.18 Å². The number of carbonyl (C=O) groups is 2. The number of rotatable bonds is 2. The lowest BCUT2D eigenvalue weighted by Crippen LogP contribution is -2.26. The van der Waals surface area contributed by atoms with E-state index in [1.807, 2.05) is 5.32 Å². The number of nitrogens with two attached hydrogens (primary N) is 1. The largest absolute Gasteiger partial charge is 0.416 e. The van der Waals surface area contributed by atoms with E-state index in [0.29, 0.717) is 0 Å². The van der Waals surface area contributed by atoms with Gasteiger partial charge in [0, 0.05) is 20.2 Å². The number of anilines is 2. The number of carbonyl (C=O) groups excluding carboxylic acids is 2. The fourth-order valence-corrected chi connectivity index (χ4v) is 2.78. The van der Waals surface area contributed by atoms with Crippen molar-refractivity contribution < 1.29 is 22.8 Å². The molecule has 1 aromatic carbocycles. The minimum absolute atomic E-state index is 0.151. The summed E-state index contributed by atoms with van der Waals surface area (Å²) in [5.41, 5.74) is 3.77. The van der Waals surface area contributed by atoms with Crippen LogP contribution in [0.1, 0.15) is 26.3 Å². The van der Waals surface area contributed by atoms with Crippen LogP contribution < -0.4 is 21.5 Å². The van der Waals surface area contributed by atoms with Crippen molar-refractivity contribution in [2.24, 2.45) is 0 Å². The van der Waals surface area contributed by atoms with Crippen LogP contribution in [0.15, 0.2) is 29.1 Å². The van der Waals surface area contributed by atoms with Crippen LogP contribution in [0.3, 0.4) is 0 Å². The Morgan fingerprint density at radius 2 is 1.73 bits per heavy atom. The van der Waals surface area contributed by atoms with E-state index >= 15 is 0 Å². The van der Waals surface area contributed by atoms with Crippen LogP contribution in [0.4, 0.5) is 24.7 Å². The van der Waals surface area contributed by atoms with E-state index in [1.54, 1.807) is 14.1 Å². The first kappa shape index (κ1) is 17.5. The Hall–Kier alpha value is -3.30. The average molecular weight is 366 g/mol. The molecule has 0 bridgehead atoms. The average Bonchev–Trinajstić information content (AvgIpc) is 2.80. The van der Waals surface area contributed by atoms with Crippen LogP contribution in [0, 0.1) is 0 Å². The first-order chi connectivity index (χ1) is 12.0. The summed E-state index contributed by atoms with van der Waals surface area (Å²) in [6.45, 7) is 0. The van der Waals surface area contributed by atoms with Gasteiger partial charge >= 0.3 is 6.18 Å². The number of imide groups is 1. The number of alkyl halides is 3. The predicted octanol–water partition coefficient (Wildman–Crippen LogP) is 1.39. The fourth-order valence-electron chi connectivity index (χ4n) is 2.78. The third kappa shape index (κ3) is 2.59. The van der Waals surface area contributed by atoms with Gasteiger partial charge in [-0.2, -0.15) is 13.2 Å². The van der Waals surface area contributed by atoms with E-state index in [0.717, 1.165) is 22.8 Å². The van der Waals surface area contributed by atoms with Crippen molar-refractivity contribution in [1.29, 1.82) is 0 Å². The van der Waals surface area contributed by atoms with Crippen molar-refractivity contribution >= 4 is 23.3 Å². The summed E-state index contributed by atoms with van der Waals surface area (Å²) in [5, 5.41) is 2.00. The van der Waals surface area contributed by atoms with E-state index < -0.39 is 34.9 Å². The number of hydrogen-bond acceptors (Lipinski definition) is 5. The zero-order valence-electron chi connectivity index (χ0n) is 13.6. The second kappa shape index (κ2) is 5.61. The molecule has 1 aliphatic heterocycles. The van der Waals surface area contributed by atoms with Gasteiger partial charge in [0.05, 0.1) is 28.1 Å². The molecule has 3 N–H and O–H groups in total. The highest BCUT2D eigenvalue weighted by molar-refractivity contribution is 6.23. The Labute approximate surface area is 144 Å². The van der Waals surface area contributed by atoms with Gasteiger partial charge in [0.2, 0.25) is 0 Å². The lowest BCUT2D eigenvalue weighted by atomic mass is 10.1. The molecule has 2 amide bonds. The summed E-state index contributed by atoms with van der Waals surface area (Å²) in [5.74, 6) is -1.99. The van der Waals surface area contributed by atoms with Crippen LogP contribution >= 0.6 is 0 Å². The Balaban J connectivity index is 2.37. The molecule has 0 saturated heterocycles. The van der Waals surface area contributed by atoms with E-state index in [9.17, 15) is 27.6 Å². The molecule has 1 aromatic heterocycles. The Bertz CT molecular complexity index is 1010. The normalized spacial score (nSPS) is 13.6. The van der Waals surface area contributed by atoms with Gasteiger partial charge in [-0.15, -0.1) is 0 Å². The zero-order valence-corrected chi connectivity index (χ0v) is 13.6. The van der Waals surface area contributed by atoms with Gasteiger partial charge < -0.3 is 10.6 Å². The third-order valence-electron chi connectivity index (χ3n) is 3.98. The van der Waals surface area contributed by atoms with Crippen LogP contribution in [-0.2, 0) is 6.18 Å². The number of aromatic nitrogens is 1. The molecule has 26 heavy (non-hydrogen) atoms. The molecule has 136 valence electrons. The Morgan fingerprint density at radius 1 is 1.08 bits per heavy atom. The van der Waals surface area contributed by atoms with Gasteiger partial charge in [0.15, 0.2) is 0 Å². The molecule has 0 saturated carbocycles. The number of pyridine rings is 1. The lowest BCUT2D eigenvalue weighted by molar-refractivity contribution is -0.137. The lowest BCUT2D eigenvalue weighted by Gasteiger charge is -2.22. The van der Waals surface area contributed by atoms with Crippen LogP contribution in [0.2, 0.25) is 0 Å². The summed E-state index contributed by atoms with van der Waals surface area (Å²) in [4.78, 5) is 37.6. The quantitative estimate of drug-likeness (QED) is 0.783. The van der Waals surface area contributed by atoms with Crippen LogP contribution in [0.5, 0.6) is 0 Å². The molecule has 7 nitrogen and oxygen atoms in total. The van der Waals surface area contributed by atoms with E-state index in [-0.39, 0.29) is 22.5 Å². The van der Waals surface area contributed by atoms with Gasteiger partial charge in [-0.25, -0.2) is 0 Å². The maximum absolute atomic E-state index is 13.1. The van der Waals surface area contributed by atoms with Crippen molar-refractivity contribution in [3.63, 3.8) is 0 Å².